The molecule has 3 rings (SSSR count). The number of nitrogens with zero attached hydrogens (tertiary/aromatic N) is 1. The quantitative estimate of drug-likeness (QED) is 0.703. The molecule has 0 unspecified atom stereocenters. The number of nitrogens with one attached hydrogen (secondary N) is 2. The van der Waals surface area contributed by atoms with Gasteiger partial charge in [0.1, 0.15) is 6.07 Å². The fourth-order valence-corrected chi connectivity index (χ4v) is 3.82. The van der Waals surface area contributed by atoms with Gasteiger partial charge in [-0.1, -0.05) is 37.6 Å². The topological polar surface area (TPSA) is 64.9 Å². The van der Waals surface area contributed by atoms with Crippen molar-refractivity contribution in [1.29, 1.82) is 5.26 Å². The summed E-state index contributed by atoms with van der Waals surface area (Å²) < 4.78 is 0. The lowest BCUT2D eigenvalue weighted by molar-refractivity contribution is 0.0926. The summed E-state index contributed by atoms with van der Waals surface area (Å²) in [5.74, 6) is 0.469. The van der Waals surface area contributed by atoms with Gasteiger partial charge in [0.25, 0.3) is 5.91 Å². The predicted molar refractivity (Wildman–Crippen MR) is 114 cm³/mol. The predicted octanol–water partition coefficient (Wildman–Crippen LogP) is 5.49. The van der Waals surface area contributed by atoms with Crippen LogP contribution in [0.5, 0.6) is 0 Å². The second-order valence-corrected chi connectivity index (χ2v) is 8.16. The molecule has 1 aliphatic carbocycles. The van der Waals surface area contributed by atoms with E-state index in [9.17, 15) is 4.79 Å². The van der Waals surface area contributed by atoms with Crippen LogP contribution in [0, 0.1) is 11.3 Å². The third kappa shape index (κ3) is 5.05. The van der Waals surface area contributed by atoms with Gasteiger partial charge in [-0.25, -0.2) is 0 Å². The molecule has 0 radical (unpaired) electrons. The lowest BCUT2D eigenvalue weighted by Gasteiger charge is -2.30. The fourth-order valence-electron chi connectivity index (χ4n) is 3.60. The van der Waals surface area contributed by atoms with Gasteiger partial charge in [0.05, 0.1) is 10.6 Å². The van der Waals surface area contributed by atoms with Crippen molar-refractivity contribution >= 4 is 23.2 Å². The minimum absolute atomic E-state index is 0.00518. The van der Waals surface area contributed by atoms with Crippen LogP contribution < -0.4 is 10.6 Å². The maximum absolute atomic E-state index is 12.5. The Balaban J connectivity index is 1.49. The molecule has 1 amide bonds. The van der Waals surface area contributed by atoms with Gasteiger partial charge in [-0.05, 0) is 67.5 Å². The molecule has 4 nitrogen and oxygen atoms in total. The Hall–Kier alpha value is -2.51. The maximum atomic E-state index is 12.5. The molecular formula is C23H26ClN3O. The van der Waals surface area contributed by atoms with Crippen molar-refractivity contribution in [3.63, 3.8) is 0 Å². The molecule has 1 fully saturated rings. The number of carbonyl (C=O) groups excluding carboxylic acids is 1. The second kappa shape index (κ2) is 9.12. The van der Waals surface area contributed by atoms with E-state index >= 15 is 0 Å². The third-order valence-electron chi connectivity index (χ3n) is 5.36. The molecule has 0 aliphatic heterocycles. The molecule has 2 N–H and O–H groups in total. The zero-order chi connectivity index (χ0) is 20.1. The third-order valence-corrected chi connectivity index (χ3v) is 5.67. The molecule has 5 heteroatoms. The molecule has 0 atom stereocenters. The first-order chi connectivity index (χ1) is 13.5. The number of amides is 1. The smallest absolute Gasteiger partial charge is 0.251 e. The average molecular weight is 396 g/mol. The first-order valence-electron chi connectivity index (χ1n) is 9.83. The van der Waals surface area contributed by atoms with Crippen molar-refractivity contribution in [1.82, 2.24) is 5.32 Å². The van der Waals surface area contributed by atoms with Crippen LogP contribution in [-0.4, -0.2) is 18.0 Å². The van der Waals surface area contributed by atoms with Crippen molar-refractivity contribution in [2.75, 3.05) is 5.32 Å². The molecule has 0 bridgehead atoms. The number of nitriles is 1. The molecule has 2 aromatic rings. The van der Waals surface area contributed by atoms with Crippen LogP contribution in [0.4, 0.5) is 5.69 Å². The van der Waals surface area contributed by atoms with Crippen molar-refractivity contribution in [2.24, 2.45) is 0 Å². The summed E-state index contributed by atoms with van der Waals surface area (Å²) in [5.41, 5.74) is 3.38. The molecular weight excluding hydrogens is 370 g/mol. The van der Waals surface area contributed by atoms with E-state index in [1.807, 2.05) is 30.3 Å². The van der Waals surface area contributed by atoms with Crippen LogP contribution in [0.3, 0.4) is 0 Å². The minimum atomic E-state index is 0.00518. The highest BCUT2D eigenvalue weighted by atomic mass is 35.5. The molecule has 0 heterocycles. The van der Waals surface area contributed by atoms with Crippen LogP contribution in [0.15, 0.2) is 42.5 Å². The Kier molecular flexibility index (Phi) is 6.59. The zero-order valence-electron chi connectivity index (χ0n) is 16.3. The summed E-state index contributed by atoms with van der Waals surface area (Å²) in [6.07, 6.45) is 3.85. The standard InChI is InChI=1S/C23H26ClN3O/c1-15(2)16-3-5-17(6-4-16)23(28)27-20-11-9-19(10-12-20)26-21-8-7-18(14-25)22(24)13-21/h3-8,13,15,19-20,26H,9-12H2,1-2H3,(H,27,28). The van der Waals surface area contributed by atoms with Gasteiger partial charge in [-0.15, -0.1) is 0 Å². The summed E-state index contributed by atoms with van der Waals surface area (Å²) in [6, 6.07) is 15.9. The van der Waals surface area contributed by atoms with Crippen LogP contribution in [0.1, 0.15) is 66.9 Å². The Bertz CT molecular complexity index is 862. The van der Waals surface area contributed by atoms with Crippen LogP contribution in [0.2, 0.25) is 5.02 Å². The fraction of sp³-hybridized carbons (Fsp3) is 0.391. The van der Waals surface area contributed by atoms with E-state index in [4.69, 9.17) is 16.9 Å². The highest BCUT2D eigenvalue weighted by Crippen LogP contribution is 2.25. The largest absolute Gasteiger partial charge is 0.382 e. The van der Waals surface area contributed by atoms with Gasteiger partial charge >= 0.3 is 0 Å². The lowest BCUT2D eigenvalue weighted by atomic mass is 9.90. The van der Waals surface area contributed by atoms with Crippen LogP contribution >= 0.6 is 11.6 Å². The Morgan fingerprint density at radius 1 is 1.07 bits per heavy atom. The normalized spacial score (nSPS) is 19.1. The van der Waals surface area contributed by atoms with E-state index < -0.39 is 0 Å². The second-order valence-electron chi connectivity index (χ2n) is 7.75. The van der Waals surface area contributed by atoms with E-state index in [-0.39, 0.29) is 11.9 Å². The molecule has 0 saturated heterocycles. The maximum Gasteiger partial charge on any atom is 0.251 e. The summed E-state index contributed by atoms with van der Waals surface area (Å²) in [6.45, 7) is 4.29. The number of hydrogen-bond acceptors (Lipinski definition) is 3. The Morgan fingerprint density at radius 3 is 2.29 bits per heavy atom. The van der Waals surface area contributed by atoms with E-state index in [1.165, 1.54) is 5.56 Å². The SMILES string of the molecule is CC(C)c1ccc(C(=O)NC2CCC(Nc3ccc(C#N)c(Cl)c3)CC2)cc1. The first-order valence-corrected chi connectivity index (χ1v) is 10.2. The summed E-state index contributed by atoms with van der Waals surface area (Å²) >= 11 is 6.10. The van der Waals surface area contributed by atoms with Crippen LogP contribution in [-0.2, 0) is 0 Å². The number of anilines is 1. The molecule has 28 heavy (non-hydrogen) atoms. The monoisotopic (exact) mass is 395 g/mol. The lowest BCUT2D eigenvalue weighted by Crippen LogP contribution is -2.40. The number of benzene rings is 2. The van der Waals surface area contributed by atoms with E-state index in [2.05, 4.69) is 30.6 Å². The number of rotatable bonds is 5. The summed E-state index contributed by atoms with van der Waals surface area (Å²) in [7, 11) is 0. The highest BCUT2D eigenvalue weighted by molar-refractivity contribution is 6.32. The van der Waals surface area contributed by atoms with Crippen molar-refractivity contribution < 1.29 is 4.79 Å². The molecule has 0 spiro atoms. The molecule has 1 aliphatic rings. The molecule has 2 aromatic carbocycles. The molecule has 1 saturated carbocycles. The Morgan fingerprint density at radius 2 is 1.71 bits per heavy atom. The van der Waals surface area contributed by atoms with Gasteiger partial charge in [-0.2, -0.15) is 5.26 Å². The van der Waals surface area contributed by atoms with E-state index in [0.717, 1.165) is 36.9 Å². The minimum Gasteiger partial charge on any atom is -0.382 e. The van der Waals surface area contributed by atoms with E-state index in [0.29, 0.717) is 22.5 Å². The van der Waals surface area contributed by atoms with Gasteiger partial charge in [0.15, 0.2) is 0 Å². The van der Waals surface area contributed by atoms with E-state index in [1.54, 1.807) is 12.1 Å². The molecule has 146 valence electrons. The number of carbonyl (C=O) groups is 1. The van der Waals surface area contributed by atoms with Crippen molar-refractivity contribution in [3.05, 3.63) is 64.2 Å². The van der Waals surface area contributed by atoms with Gasteiger partial charge in [0.2, 0.25) is 0 Å². The molecule has 0 aromatic heterocycles. The highest BCUT2D eigenvalue weighted by Gasteiger charge is 2.23. The Labute approximate surface area is 171 Å². The summed E-state index contributed by atoms with van der Waals surface area (Å²) in [5, 5.41) is 16.1. The van der Waals surface area contributed by atoms with Crippen molar-refractivity contribution in [2.45, 2.75) is 57.5 Å². The number of halogens is 1. The first kappa shape index (κ1) is 20.2. The average Bonchev–Trinajstić information content (AvgIpc) is 2.69. The zero-order valence-corrected chi connectivity index (χ0v) is 17.1. The van der Waals surface area contributed by atoms with Gasteiger partial charge < -0.3 is 10.6 Å². The number of hydrogen-bond donors (Lipinski definition) is 2. The van der Waals surface area contributed by atoms with Crippen molar-refractivity contribution in [3.8, 4) is 6.07 Å². The summed E-state index contributed by atoms with van der Waals surface area (Å²) in [4.78, 5) is 12.5. The van der Waals surface area contributed by atoms with Gasteiger partial charge in [-0.3, -0.25) is 4.79 Å². The van der Waals surface area contributed by atoms with Crippen LogP contribution in [0.25, 0.3) is 0 Å². The van der Waals surface area contributed by atoms with Gasteiger partial charge in [0, 0.05) is 23.3 Å².